The summed E-state index contributed by atoms with van der Waals surface area (Å²) in [6.45, 7) is 0.0664. The topological polar surface area (TPSA) is 85.7 Å². The van der Waals surface area contributed by atoms with E-state index in [9.17, 15) is 0 Å². The number of fused-ring (bicyclic) bond motifs is 1. The summed E-state index contributed by atoms with van der Waals surface area (Å²) >= 11 is 0. The van der Waals surface area contributed by atoms with Crippen LogP contribution < -0.4 is 5.73 Å². The van der Waals surface area contributed by atoms with Crippen LogP contribution in [0.15, 0.2) is 18.6 Å². The van der Waals surface area contributed by atoms with Gasteiger partial charge in [-0.2, -0.15) is 0 Å². The number of nitrogen functional groups attached to an aromatic ring is 1. The second kappa shape index (κ2) is 3.97. The smallest absolute Gasteiger partial charge is 0.180 e. The Labute approximate surface area is 98.1 Å². The van der Waals surface area contributed by atoms with Crippen LogP contribution in [-0.2, 0) is 4.74 Å². The van der Waals surface area contributed by atoms with Crippen molar-refractivity contribution < 1.29 is 9.84 Å². The molecule has 6 heteroatoms. The number of aliphatic hydroxyl groups excluding tert-OH is 1. The third-order valence-electron chi connectivity index (χ3n) is 3.12. The normalized spacial score (nSPS) is 24.5. The average Bonchev–Trinajstić information content (AvgIpc) is 2.94. The van der Waals surface area contributed by atoms with E-state index in [1.807, 2.05) is 10.6 Å². The van der Waals surface area contributed by atoms with Gasteiger partial charge in [0.2, 0.25) is 0 Å². The SMILES string of the molecule is Nc1nccn2c([C@@H]3CC[C@@H](CO)O3)cnc12. The van der Waals surface area contributed by atoms with Crippen LogP contribution in [-0.4, -0.2) is 32.2 Å². The maximum absolute atomic E-state index is 9.06. The standard InChI is InChI=1S/C11H14N4O2/c12-10-11-14-5-8(15(11)4-3-13-10)9-2-1-7(6-16)17-9/h3-5,7,9,16H,1-2,6H2,(H2,12,13)/t7-,9-/m0/s1. The first kappa shape index (κ1) is 10.5. The zero-order valence-corrected chi connectivity index (χ0v) is 9.28. The summed E-state index contributed by atoms with van der Waals surface area (Å²) in [4.78, 5) is 8.24. The van der Waals surface area contributed by atoms with Crippen LogP contribution in [0, 0.1) is 0 Å². The maximum Gasteiger partial charge on any atom is 0.180 e. The monoisotopic (exact) mass is 234 g/mol. The molecule has 0 saturated carbocycles. The molecule has 2 aromatic rings. The number of aromatic nitrogens is 3. The van der Waals surface area contributed by atoms with Crippen molar-refractivity contribution in [1.82, 2.24) is 14.4 Å². The minimum Gasteiger partial charge on any atom is -0.394 e. The molecule has 1 aliphatic heterocycles. The highest BCUT2D eigenvalue weighted by molar-refractivity contribution is 5.59. The minimum atomic E-state index is -0.0651. The van der Waals surface area contributed by atoms with E-state index in [0.29, 0.717) is 11.5 Å². The number of rotatable bonds is 2. The number of nitrogens with two attached hydrogens (primary N) is 1. The fraction of sp³-hybridized carbons (Fsp3) is 0.455. The van der Waals surface area contributed by atoms with Crippen LogP contribution in [0.25, 0.3) is 5.65 Å². The van der Waals surface area contributed by atoms with Crippen molar-refractivity contribution in [2.75, 3.05) is 12.3 Å². The van der Waals surface area contributed by atoms with Gasteiger partial charge in [-0.05, 0) is 12.8 Å². The molecule has 0 aromatic carbocycles. The number of imidazole rings is 1. The predicted molar refractivity (Wildman–Crippen MR) is 61.3 cm³/mol. The highest BCUT2D eigenvalue weighted by Crippen LogP contribution is 2.33. The second-order valence-electron chi connectivity index (χ2n) is 4.20. The van der Waals surface area contributed by atoms with Crippen molar-refractivity contribution in [2.24, 2.45) is 0 Å². The van der Waals surface area contributed by atoms with Crippen molar-refractivity contribution in [1.29, 1.82) is 0 Å². The Morgan fingerprint density at radius 2 is 2.35 bits per heavy atom. The Kier molecular flexibility index (Phi) is 2.45. The Morgan fingerprint density at radius 1 is 1.47 bits per heavy atom. The zero-order valence-electron chi connectivity index (χ0n) is 9.28. The highest BCUT2D eigenvalue weighted by atomic mass is 16.5. The van der Waals surface area contributed by atoms with Gasteiger partial charge < -0.3 is 15.6 Å². The summed E-state index contributed by atoms with van der Waals surface area (Å²) in [5.74, 6) is 0.412. The number of hydrogen-bond acceptors (Lipinski definition) is 5. The first-order chi connectivity index (χ1) is 8.29. The number of hydrogen-bond donors (Lipinski definition) is 2. The van der Waals surface area contributed by atoms with Gasteiger partial charge in [-0.3, -0.25) is 4.40 Å². The Morgan fingerprint density at radius 3 is 3.12 bits per heavy atom. The summed E-state index contributed by atoms with van der Waals surface area (Å²) in [6, 6.07) is 0. The van der Waals surface area contributed by atoms with Gasteiger partial charge in [-0.25, -0.2) is 9.97 Å². The molecule has 0 aliphatic carbocycles. The van der Waals surface area contributed by atoms with Crippen molar-refractivity contribution in [3.05, 3.63) is 24.3 Å². The van der Waals surface area contributed by atoms with Gasteiger partial charge in [0.15, 0.2) is 11.5 Å². The van der Waals surface area contributed by atoms with Gasteiger partial charge in [0.1, 0.15) is 0 Å². The first-order valence-electron chi connectivity index (χ1n) is 5.63. The Bertz CT molecular complexity index is 539. The van der Waals surface area contributed by atoms with Gasteiger partial charge >= 0.3 is 0 Å². The lowest BCUT2D eigenvalue weighted by atomic mass is 10.1. The van der Waals surface area contributed by atoms with Crippen LogP contribution in [0.4, 0.5) is 5.82 Å². The van der Waals surface area contributed by atoms with Crippen molar-refractivity contribution in [2.45, 2.75) is 25.0 Å². The third-order valence-corrected chi connectivity index (χ3v) is 3.12. The molecule has 1 saturated heterocycles. The van der Waals surface area contributed by atoms with E-state index in [0.717, 1.165) is 18.5 Å². The highest BCUT2D eigenvalue weighted by Gasteiger charge is 2.28. The van der Waals surface area contributed by atoms with Crippen molar-refractivity contribution >= 4 is 11.5 Å². The quantitative estimate of drug-likeness (QED) is 0.791. The van der Waals surface area contributed by atoms with E-state index in [1.165, 1.54) is 0 Å². The second-order valence-corrected chi connectivity index (χ2v) is 4.20. The van der Waals surface area contributed by atoms with Crippen molar-refractivity contribution in [3.63, 3.8) is 0 Å². The van der Waals surface area contributed by atoms with Gasteiger partial charge in [0.05, 0.1) is 30.7 Å². The van der Waals surface area contributed by atoms with Crippen LogP contribution in [0.5, 0.6) is 0 Å². The molecule has 0 radical (unpaired) electrons. The molecule has 17 heavy (non-hydrogen) atoms. The summed E-state index contributed by atoms with van der Waals surface area (Å²) in [5, 5.41) is 9.06. The van der Waals surface area contributed by atoms with Gasteiger partial charge in [0.25, 0.3) is 0 Å². The molecule has 3 N–H and O–H groups in total. The third kappa shape index (κ3) is 1.65. The molecule has 0 unspecified atom stereocenters. The lowest BCUT2D eigenvalue weighted by Gasteiger charge is -2.11. The van der Waals surface area contributed by atoms with E-state index >= 15 is 0 Å². The Hall–Kier alpha value is -1.66. The van der Waals surface area contributed by atoms with Crippen molar-refractivity contribution in [3.8, 4) is 0 Å². The van der Waals surface area contributed by atoms with Gasteiger partial charge in [-0.15, -0.1) is 0 Å². The molecular weight excluding hydrogens is 220 g/mol. The molecular formula is C11H14N4O2. The van der Waals surface area contributed by atoms with E-state index < -0.39 is 0 Å². The van der Waals surface area contributed by atoms with E-state index in [4.69, 9.17) is 15.6 Å². The predicted octanol–water partition coefficient (Wildman–Crippen LogP) is 0.524. The molecule has 1 fully saturated rings. The maximum atomic E-state index is 9.06. The zero-order chi connectivity index (χ0) is 11.8. The fourth-order valence-electron chi connectivity index (χ4n) is 2.25. The number of ether oxygens (including phenoxy) is 1. The first-order valence-corrected chi connectivity index (χ1v) is 5.63. The fourth-order valence-corrected chi connectivity index (χ4v) is 2.25. The summed E-state index contributed by atoms with van der Waals surface area (Å²) < 4.78 is 7.63. The number of nitrogens with zero attached hydrogens (tertiary/aromatic N) is 3. The van der Waals surface area contributed by atoms with E-state index in [1.54, 1.807) is 12.4 Å². The molecule has 6 nitrogen and oxygen atoms in total. The van der Waals surface area contributed by atoms with Crippen LogP contribution >= 0.6 is 0 Å². The average molecular weight is 234 g/mol. The van der Waals surface area contributed by atoms with Crippen LogP contribution in [0.1, 0.15) is 24.6 Å². The molecule has 0 bridgehead atoms. The molecule has 2 atom stereocenters. The molecule has 3 rings (SSSR count). The van der Waals surface area contributed by atoms with Gasteiger partial charge in [-0.1, -0.05) is 0 Å². The molecule has 90 valence electrons. The van der Waals surface area contributed by atoms with E-state index in [-0.39, 0.29) is 18.8 Å². The lowest BCUT2D eigenvalue weighted by molar-refractivity contribution is 0.00891. The summed E-state index contributed by atoms with van der Waals surface area (Å²) in [5.41, 5.74) is 7.36. The molecule has 3 heterocycles. The summed E-state index contributed by atoms with van der Waals surface area (Å²) in [6.07, 6.45) is 6.90. The number of aliphatic hydroxyl groups is 1. The molecule has 0 amide bonds. The largest absolute Gasteiger partial charge is 0.394 e. The van der Waals surface area contributed by atoms with E-state index in [2.05, 4.69) is 9.97 Å². The van der Waals surface area contributed by atoms with Crippen LogP contribution in [0.3, 0.4) is 0 Å². The molecule has 1 aliphatic rings. The molecule has 2 aromatic heterocycles. The summed E-state index contributed by atoms with van der Waals surface area (Å²) in [7, 11) is 0. The number of anilines is 1. The van der Waals surface area contributed by atoms with Crippen LogP contribution in [0.2, 0.25) is 0 Å². The molecule has 0 spiro atoms. The minimum absolute atomic E-state index is 0.0241. The lowest BCUT2D eigenvalue weighted by Crippen LogP contribution is -2.11. The Balaban J connectivity index is 1.99. The van der Waals surface area contributed by atoms with Gasteiger partial charge in [0, 0.05) is 12.4 Å².